The maximum atomic E-state index is 5.58. The molecule has 1 N–H and O–H groups in total. The average molecular weight is 400 g/mol. The summed E-state index contributed by atoms with van der Waals surface area (Å²) in [6.07, 6.45) is 0.972. The van der Waals surface area contributed by atoms with Crippen molar-refractivity contribution < 1.29 is 14.2 Å². The number of nitrogens with zero attached hydrogens (tertiary/aromatic N) is 1. The van der Waals surface area contributed by atoms with Gasteiger partial charge in [-0.3, -0.25) is 0 Å². The molecule has 5 heteroatoms. The second-order valence-corrected chi connectivity index (χ2v) is 7.44. The molecule has 152 valence electrons. The van der Waals surface area contributed by atoms with Crippen LogP contribution >= 0.6 is 0 Å². The second-order valence-electron chi connectivity index (χ2n) is 7.44. The van der Waals surface area contributed by atoms with Crippen molar-refractivity contribution in [3.63, 3.8) is 0 Å². The molecule has 0 radical (unpaired) electrons. The van der Waals surface area contributed by atoms with Gasteiger partial charge >= 0.3 is 0 Å². The largest absolute Gasteiger partial charge is 0.493 e. The van der Waals surface area contributed by atoms with Crippen molar-refractivity contribution in [3.05, 3.63) is 59.7 Å². The molecule has 0 amide bonds. The summed E-state index contributed by atoms with van der Waals surface area (Å²) in [5.74, 6) is 1.84. The summed E-state index contributed by atoms with van der Waals surface area (Å²) < 4.78 is 16.7. The van der Waals surface area contributed by atoms with Crippen LogP contribution in [0.3, 0.4) is 0 Å². The number of aromatic nitrogens is 1. The van der Waals surface area contributed by atoms with E-state index in [-0.39, 0.29) is 0 Å². The van der Waals surface area contributed by atoms with E-state index >= 15 is 0 Å². The quantitative estimate of drug-likeness (QED) is 0.502. The highest BCUT2D eigenvalue weighted by atomic mass is 16.5. The van der Waals surface area contributed by atoms with Crippen molar-refractivity contribution >= 4 is 21.7 Å². The molecular weight excluding hydrogens is 376 g/mol. The van der Waals surface area contributed by atoms with E-state index in [1.54, 1.807) is 21.3 Å². The fourth-order valence-electron chi connectivity index (χ4n) is 4.50. The van der Waals surface area contributed by atoms with Crippen LogP contribution in [0, 0.1) is 0 Å². The molecule has 1 aromatic heterocycles. The summed E-state index contributed by atoms with van der Waals surface area (Å²) in [5, 5.41) is 7.29. The number of fused-ring (bicyclic) bond motifs is 5. The van der Waals surface area contributed by atoms with Gasteiger partial charge in [0.05, 0.1) is 32.5 Å². The van der Waals surface area contributed by atoms with Crippen LogP contribution in [0.2, 0.25) is 0 Å². The van der Waals surface area contributed by atoms with E-state index in [9.17, 15) is 0 Å². The van der Waals surface area contributed by atoms with E-state index in [1.165, 1.54) is 27.3 Å². The SMILES string of the molecule is COc1cc(-c2nc3ccc4ccccc4c3c3c2CNCC3)cc(OC)c1OC. The van der Waals surface area contributed by atoms with Crippen LogP contribution in [0.5, 0.6) is 17.2 Å². The Labute approximate surface area is 175 Å². The highest BCUT2D eigenvalue weighted by Gasteiger charge is 2.22. The predicted octanol–water partition coefficient (Wildman–Crippen LogP) is 4.73. The molecule has 0 fully saturated rings. The molecule has 30 heavy (non-hydrogen) atoms. The van der Waals surface area contributed by atoms with Gasteiger partial charge in [0.2, 0.25) is 5.75 Å². The number of hydrogen-bond acceptors (Lipinski definition) is 5. The first-order chi connectivity index (χ1) is 14.7. The third kappa shape index (κ3) is 2.85. The summed E-state index contributed by atoms with van der Waals surface area (Å²) >= 11 is 0. The first kappa shape index (κ1) is 18.7. The molecule has 3 aromatic carbocycles. The number of nitrogens with one attached hydrogen (secondary N) is 1. The molecule has 0 unspecified atom stereocenters. The number of ether oxygens (including phenoxy) is 3. The van der Waals surface area contributed by atoms with Gasteiger partial charge in [-0.1, -0.05) is 30.3 Å². The Morgan fingerprint density at radius 3 is 2.37 bits per heavy atom. The number of methoxy groups -OCH3 is 3. The van der Waals surface area contributed by atoms with Crippen molar-refractivity contribution in [2.24, 2.45) is 0 Å². The molecule has 1 aliphatic heterocycles. The highest BCUT2D eigenvalue weighted by Crippen LogP contribution is 2.43. The van der Waals surface area contributed by atoms with Crippen LogP contribution in [-0.4, -0.2) is 32.9 Å². The Balaban J connectivity index is 1.84. The van der Waals surface area contributed by atoms with Gasteiger partial charge in [-0.05, 0) is 53.1 Å². The minimum absolute atomic E-state index is 0.586. The molecule has 0 aliphatic carbocycles. The van der Waals surface area contributed by atoms with E-state index in [4.69, 9.17) is 19.2 Å². The van der Waals surface area contributed by atoms with Crippen LogP contribution in [0.25, 0.3) is 32.9 Å². The van der Waals surface area contributed by atoms with Crippen molar-refractivity contribution in [1.29, 1.82) is 0 Å². The lowest BCUT2D eigenvalue weighted by molar-refractivity contribution is 0.324. The van der Waals surface area contributed by atoms with E-state index in [0.717, 1.165) is 36.3 Å². The van der Waals surface area contributed by atoms with Crippen molar-refractivity contribution in [3.8, 4) is 28.5 Å². The lowest BCUT2D eigenvalue weighted by Gasteiger charge is -2.24. The first-order valence-corrected chi connectivity index (χ1v) is 10.1. The van der Waals surface area contributed by atoms with Gasteiger partial charge in [-0.2, -0.15) is 0 Å². The minimum atomic E-state index is 0.586. The summed E-state index contributed by atoms with van der Waals surface area (Å²) in [6, 6.07) is 16.8. The average Bonchev–Trinajstić information content (AvgIpc) is 2.82. The molecule has 4 aromatic rings. The second kappa shape index (κ2) is 7.50. The van der Waals surface area contributed by atoms with Crippen LogP contribution in [0.4, 0.5) is 0 Å². The van der Waals surface area contributed by atoms with E-state index < -0.39 is 0 Å². The monoisotopic (exact) mass is 400 g/mol. The first-order valence-electron chi connectivity index (χ1n) is 10.1. The van der Waals surface area contributed by atoms with Gasteiger partial charge in [0, 0.05) is 17.5 Å². The Kier molecular flexibility index (Phi) is 4.68. The Morgan fingerprint density at radius 1 is 0.867 bits per heavy atom. The van der Waals surface area contributed by atoms with Crippen molar-refractivity contribution in [2.75, 3.05) is 27.9 Å². The number of hydrogen-bond donors (Lipinski definition) is 1. The summed E-state index contributed by atoms with van der Waals surface area (Å²) in [5.41, 5.74) is 5.54. The third-order valence-electron chi connectivity index (χ3n) is 5.88. The van der Waals surface area contributed by atoms with Gasteiger partial charge in [-0.25, -0.2) is 4.98 Å². The molecule has 0 spiro atoms. The fraction of sp³-hybridized carbons (Fsp3) is 0.240. The lowest BCUT2D eigenvalue weighted by Crippen LogP contribution is -2.25. The Bertz CT molecular complexity index is 1240. The maximum Gasteiger partial charge on any atom is 0.203 e. The molecule has 0 atom stereocenters. The van der Waals surface area contributed by atoms with Gasteiger partial charge in [0.25, 0.3) is 0 Å². The number of pyridine rings is 1. The molecule has 1 aliphatic rings. The van der Waals surface area contributed by atoms with E-state index in [0.29, 0.717) is 17.2 Å². The third-order valence-corrected chi connectivity index (χ3v) is 5.88. The van der Waals surface area contributed by atoms with Gasteiger partial charge in [-0.15, -0.1) is 0 Å². The smallest absolute Gasteiger partial charge is 0.203 e. The summed E-state index contributed by atoms with van der Waals surface area (Å²) in [6.45, 7) is 1.75. The van der Waals surface area contributed by atoms with Gasteiger partial charge in [0.15, 0.2) is 11.5 Å². The predicted molar refractivity (Wildman–Crippen MR) is 120 cm³/mol. The van der Waals surface area contributed by atoms with Gasteiger partial charge in [0.1, 0.15) is 0 Å². The zero-order chi connectivity index (χ0) is 20.7. The molecule has 0 saturated carbocycles. The number of benzene rings is 3. The minimum Gasteiger partial charge on any atom is -0.493 e. The van der Waals surface area contributed by atoms with Crippen LogP contribution in [-0.2, 0) is 13.0 Å². The van der Waals surface area contributed by atoms with E-state index in [1.807, 2.05) is 12.1 Å². The molecule has 5 nitrogen and oxygen atoms in total. The Hall–Kier alpha value is -3.31. The normalized spacial score (nSPS) is 13.3. The zero-order valence-corrected chi connectivity index (χ0v) is 17.4. The topological polar surface area (TPSA) is 52.6 Å². The van der Waals surface area contributed by atoms with Crippen LogP contribution in [0.1, 0.15) is 11.1 Å². The zero-order valence-electron chi connectivity index (χ0n) is 17.4. The molecule has 0 bridgehead atoms. The molecule has 2 heterocycles. The summed E-state index contributed by atoms with van der Waals surface area (Å²) in [4.78, 5) is 5.12. The Morgan fingerprint density at radius 2 is 1.63 bits per heavy atom. The van der Waals surface area contributed by atoms with Crippen molar-refractivity contribution in [2.45, 2.75) is 13.0 Å². The van der Waals surface area contributed by atoms with Gasteiger partial charge < -0.3 is 19.5 Å². The van der Waals surface area contributed by atoms with Crippen molar-refractivity contribution in [1.82, 2.24) is 10.3 Å². The van der Waals surface area contributed by atoms with Crippen LogP contribution in [0.15, 0.2) is 48.5 Å². The highest BCUT2D eigenvalue weighted by molar-refractivity contribution is 6.09. The summed E-state index contributed by atoms with van der Waals surface area (Å²) in [7, 11) is 4.89. The van der Waals surface area contributed by atoms with E-state index in [2.05, 4.69) is 41.7 Å². The standard InChI is InChI=1S/C25H24N2O3/c1-28-21-12-16(13-22(29-2)25(21)30-3)24-19-14-26-11-10-18(19)23-17-7-5-4-6-15(17)8-9-20(23)27-24/h4-9,12-13,26H,10-11,14H2,1-3H3. The number of rotatable bonds is 4. The van der Waals surface area contributed by atoms with Crippen LogP contribution < -0.4 is 19.5 Å². The lowest BCUT2D eigenvalue weighted by atomic mass is 9.90. The molecule has 5 rings (SSSR count). The molecular formula is C25H24N2O3. The molecule has 0 saturated heterocycles. The fourth-order valence-corrected chi connectivity index (χ4v) is 4.50. The maximum absolute atomic E-state index is 5.58.